The first kappa shape index (κ1) is 10.7. The van der Waals surface area contributed by atoms with Gasteiger partial charge < -0.3 is 5.32 Å². The molecule has 0 bridgehead atoms. The smallest absolute Gasteiger partial charge is 0.0701 e. The number of hydrogen-bond acceptors (Lipinski definition) is 2. The van der Waals surface area contributed by atoms with Gasteiger partial charge in [-0.05, 0) is 46.3 Å². The zero-order valence-corrected chi connectivity index (χ0v) is 11.0. The van der Waals surface area contributed by atoms with Gasteiger partial charge in [-0.25, -0.2) is 0 Å². The van der Waals surface area contributed by atoms with E-state index in [0.717, 1.165) is 6.54 Å². The Morgan fingerprint density at radius 1 is 1.57 bits per heavy atom. The van der Waals surface area contributed by atoms with Crippen LogP contribution in [0.4, 0.5) is 0 Å². The Morgan fingerprint density at radius 2 is 2.36 bits per heavy atom. The van der Waals surface area contributed by atoms with Gasteiger partial charge in [-0.2, -0.15) is 0 Å². The topological polar surface area (TPSA) is 12.0 Å². The molecule has 0 amide bonds. The number of rotatable bonds is 3. The van der Waals surface area contributed by atoms with Crippen molar-refractivity contribution >= 4 is 27.3 Å². The minimum absolute atomic E-state index is 0.508. The maximum atomic E-state index is 3.63. The normalized spacial score (nSPS) is 24.6. The Hall–Kier alpha value is 0.140. The third-order valence-electron chi connectivity index (χ3n) is 3.17. The van der Waals surface area contributed by atoms with Gasteiger partial charge in [0.05, 0.1) is 3.79 Å². The molecule has 0 radical (unpaired) electrons. The summed E-state index contributed by atoms with van der Waals surface area (Å²) in [4.78, 5) is 1.42. The maximum Gasteiger partial charge on any atom is 0.0701 e. The molecule has 1 aromatic rings. The summed E-state index contributed by atoms with van der Waals surface area (Å²) in [5.41, 5.74) is 0.508. The summed E-state index contributed by atoms with van der Waals surface area (Å²) in [5.74, 6) is 0. The zero-order valence-electron chi connectivity index (χ0n) is 8.64. The fourth-order valence-corrected chi connectivity index (χ4v) is 3.35. The van der Waals surface area contributed by atoms with Crippen molar-refractivity contribution in [1.82, 2.24) is 5.32 Å². The van der Waals surface area contributed by atoms with Crippen LogP contribution >= 0.6 is 27.3 Å². The molecule has 0 saturated heterocycles. The second kappa shape index (κ2) is 3.95. The second-order valence-electron chi connectivity index (χ2n) is 4.67. The average Bonchev–Trinajstić information content (AvgIpc) is 2.50. The van der Waals surface area contributed by atoms with Crippen molar-refractivity contribution in [2.45, 2.75) is 39.3 Å². The van der Waals surface area contributed by atoms with Gasteiger partial charge in [-0.1, -0.05) is 13.8 Å². The van der Waals surface area contributed by atoms with Crippen LogP contribution in [0.25, 0.3) is 0 Å². The molecular formula is C11H16BrNS. The van der Waals surface area contributed by atoms with Crippen molar-refractivity contribution in [3.8, 4) is 0 Å². The van der Waals surface area contributed by atoms with Gasteiger partial charge in [0.2, 0.25) is 0 Å². The van der Waals surface area contributed by atoms with Crippen LogP contribution < -0.4 is 5.32 Å². The lowest BCUT2D eigenvalue weighted by molar-refractivity contribution is 0.108. The van der Waals surface area contributed by atoms with Gasteiger partial charge in [0.25, 0.3) is 0 Å². The number of hydrogen-bond donors (Lipinski definition) is 1. The van der Waals surface area contributed by atoms with E-state index in [1.54, 1.807) is 0 Å². The SMILES string of the molecule is CC1(C)CCC1NCc1ccc(Br)s1. The first-order chi connectivity index (χ1) is 6.58. The molecule has 1 saturated carbocycles. The summed E-state index contributed by atoms with van der Waals surface area (Å²) in [6.45, 7) is 5.71. The van der Waals surface area contributed by atoms with Crippen LogP contribution in [0.2, 0.25) is 0 Å². The number of halogens is 1. The van der Waals surface area contributed by atoms with E-state index in [-0.39, 0.29) is 0 Å². The van der Waals surface area contributed by atoms with E-state index < -0.39 is 0 Å². The molecule has 78 valence electrons. The molecule has 0 aliphatic heterocycles. The lowest BCUT2D eigenvalue weighted by Crippen LogP contribution is -2.49. The Labute approximate surface area is 98.0 Å². The molecular weight excluding hydrogens is 258 g/mol. The molecule has 1 unspecified atom stereocenters. The average molecular weight is 274 g/mol. The van der Waals surface area contributed by atoms with Gasteiger partial charge in [-0.3, -0.25) is 0 Å². The predicted octanol–water partition coefficient (Wildman–Crippen LogP) is 3.79. The third kappa shape index (κ3) is 2.20. The van der Waals surface area contributed by atoms with Gasteiger partial charge in [0, 0.05) is 17.5 Å². The highest BCUT2D eigenvalue weighted by molar-refractivity contribution is 9.11. The lowest BCUT2D eigenvalue weighted by Gasteiger charge is -2.45. The van der Waals surface area contributed by atoms with E-state index in [4.69, 9.17) is 0 Å². The highest BCUT2D eigenvalue weighted by Gasteiger charge is 2.37. The fraction of sp³-hybridized carbons (Fsp3) is 0.636. The molecule has 0 spiro atoms. The Balaban J connectivity index is 1.83. The number of thiophene rings is 1. The monoisotopic (exact) mass is 273 g/mol. The molecule has 1 heterocycles. The van der Waals surface area contributed by atoms with Crippen LogP contribution in [0.5, 0.6) is 0 Å². The predicted molar refractivity (Wildman–Crippen MR) is 65.7 cm³/mol. The van der Waals surface area contributed by atoms with Crippen LogP contribution in [0.15, 0.2) is 15.9 Å². The van der Waals surface area contributed by atoms with Crippen molar-refractivity contribution in [3.05, 3.63) is 20.8 Å². The summed E-state index contributed by atoms with van der Waals surface area (Å²) < 4.78 is 1.22. The molecule has 1 aliphatic rings. The fourth-order valence-electron chi connectivity index (χ4n) is 1.91. The maximum absolute atomic E-state index is 3.63. The van der Waals surface area contributed by atoms with E-state index in [1.165, 1.54) is 21.5 Å². The summed E-state index contributed by atoms with van der Waals surface area (Å²) in [6, 6.07) is 5.02. The minimum Gasteiger partial charge on any atom is -0.309 e. The van der Waals surface area contributed by atoms with Crippen molar-refractivity contribution in [2.75, 3.05) is 0 Å². The Kier molecular flexibility index (Phi) is 3.01. The Bertz CT molecular complexity index is 319. The van der Waals surface area contributed by atoms with E-state index in [0.29, 0.717) is 11.5 Å². The van der Waals surface area contributed by atoms with Gasteiger partial charge in [-0.15, -0.1) is 11.3 Å². The summed E-state index contributed by atoms with van der Waals surface area (Å²) in [7, 11) is 0. The summed E-state index contributed by atoms with van der Waals surface area (Å²) in [5, 5.41) is 3.63. The van der Waals surface area contributed by atoms with Crippen molar-refractivity contribution in [3.63, 3.8) is 0 Å². The van der Waals surface area contributed by atoms with Crippen molar-refractivity contribution in [2.24, 2.45) is 5.41 Å². The second-order valence-corrected chi connectivity index (χ2v) is 7.21. The van der Waals surface area contributed by atoms with Crippen LogP contribution in [0.1, 0.15) is 31.6 Å². The van der Waals surface area contributed by atoms with Crippen LogP contribution in [-0.2, 0) is 6.54 Å². The molecule has 1 N–H and O–H groups in total. The quantitative estimate of drug-likeness (QED) is 0.884. The van der Waals surface area contributed by atoms with Crippen molar-refractivity contribution < 1.29 is 0 Å². The highest BCUT2D eigenvalue weighted by atomic mass is 79.9. The minimum atomic E-state index is 0.508. The molecule has 1 aromatic heterocycles. The van der Waals surface area contributed by atoms with Crippen LogP contribution in [0.3, 0.4) is 0 Å². The molecule has 0 aromatic carbocycles. The molecule has 1 atom stereocenters. The summed E-state index contributed by atoms with van der Waals surface area (Å²) in [6.07, 6.45) is 2.69. The van der Waals surface area contributed by atoms with E-state index >= 15 is 0 Å². The van der Waals surface area contributed by atoms with E-state index in [9.17, 15) is 0 Å². The third-order valence-corrected chi connectivity index (χ3v) is 4.80. The molecule has 2 rings (SSSR count). The van der Waals surface area contributed by atoms with Crippen LogP contribution in [-0.4, -0.2) is 6.04 Å². The van der Waals surface area contributed by atoms with Gasteiger partial charge >= 0.3 is 0 Å². The van der Waals surface area contributed by atoms with Gasteiger partial charge in [0.15, 0.2) is 0 Å². The lowest BCUT2D eigenvalue weighted by atomic mass is 9.67. The number of nitrogens with one attached hydrogen (secondary N) is 1. The van der Waals surface area contributed by atoms with Crippen LogP contribution in [0, 0.1) is 5.41 Å². The highest BCUT2D eigenvalue weighted by Crippen LogP contribution is 2.40. The van der Waals surface area contributed by atoms with E-state index in [2.05, 4.69) is 47.2 Å². The molecule has 1 fully saturated rings. The molecule has 1 aliphatic carbocycles. The Morgan fingerprint density at radius 3 is 2.79 bits per heavy atom. The first-order valence-electron chi connectivity index (χ1n) is 5.05. The zero-order chi connectivity index (χ0) is 10.2. The molecule has 14 heavy (non-hydrogen) atoms. The standard InChI is InChI=1S/C11H16BrNS/c1-11(2)6-5-9(11)13-7-8-3-4-10(12)14-8/h3-4,9,13H,5-7H2,1-2H3. The van der Waals surface area contributed by atoms with E-state index in [1.807, 2.05) is 11.3 Å². The van der Waals surface area contributed by atoms with Crippen molar-refractivity contribution in [1.29, 1.82) is 0 Å². The molecule has 3 heteroatoms. The summed E-state index contributed by atoms with van der Waals surface area (Å²) >= 11 is 5.30. The largest absolute Gasteiger partial charge is 0.309 e. The molecule has 1 nitrogen and oxygen atoms in total. The first-order valence-corrected chi connectivity index (χ1v) is 6.66. The van der Waals surface area contributed by atoms with Gasteiger partial charge in [0.1, 0.15) is 0 Å².